The van der Waals surface area contributed by atoms with Crippen LogP contribution in [-0.4, -0.2) is 25.8 Å². The molecule has 1 aliphatic carbocycles. The van der Waals surface area contributed by atoms with Crippen LogP contribution in [0.3, 0.4) is 0 Å². The molecule has 1 aliphatic rings. The Bertz CT molecular complexity index is 703. The molecular formula is C16H14O4S. The Hall–Kier alpha value is -2.14. The number of hydrogen-bond donors (Lipinski definition) is 0. The summed E-state index contributed by atoms with van der Waals surface area (Å²) in [6.07, 6.45) is 0.422. The van der Waals surface area contributed by atoms with Gasteiger partial charge in [0.05, 0.1) is 25.0 Å². The molecule has 1 atom stereocenters. The van der Waals surface area contributed by atoms with Gasteiger partial charge in [0, 0.05) is 5.56 Å². The smallest absolute Gasteiger partial charge is 0.183 e. The molecule has 1 aromatic carbocycles. The van der Waals surface area contributed by atoms with Crippen molar-refractivity contribution in [1.29, 1.82) is 0 Å². The van der Waals surface area contributed by atoms with Gasteiger partial charge in [-0.05, 0) is 35.6 Å². The van der Waals surface area contributed by atoms with Crippen LogP contribution in [0.15, 0.2) is 29.6 Å². The van der Waals surface area contributed by atoms with Crippen molar-refractivity contribution in [3.8, 4) is 11.5 Å². The molecule has 21 heavy (non-hydrogen) atoms. The van der Waals surface area contributed by atoms with Crippen molar-refractivity contribution < 1.29 is 19.1 Å². The third kappa shape index (κ3) is 2.23. The van der Waals surface area contributed by atoms with E-state index in [4.69, 9.17) is 9.47 Å². The molecule has 108 valence electrons. The fourth-order valence-corrected chi connectivity index (χ4v) is 3.34. The molecule has 5 heteroatoms. The van der Waals surface area contributed by atoms with Crippen LogP contribution in [0.5, 0.6) is 11.5 Å². The number of methoxy groups -OCH3 is 2. The van der Waals surface area contributed by atoms with E-state index in [-0.39, 0.29) is 11.6 Å². The average molecular weight is 302 g/mol. The van der Waals surface area contributed by atoms with Gasteiger partial charge in [0.1, 0.15) is 0 Å². The van der Waals surface area contributed by atoms with Crippen LogP contribution < -0.4 is 9.47 Å². The summed E-state index contributed by atoms with van der Waals surface area (Å²) in [5.74, 6) is 0.214. The summed E-state index contributed by atoms with van der Waals surface area (Å²) in [6, 6.07) is 7.02. The number of fused-ring (bicyclic) bond motifs is 1. The van der Waals surface area contributed by atoms with Gasteiger partial charge in [-0.1, -0.05) is 6.07 Å². The Morgan fingerprint density at radius 3 is 2.57 bits per heavy atom. The van der Waals surface area contributed by atoms with Gasteiger partial charge < -0.3 is 9.47 Å². The van der Waals surface area contributed by atoms with E-state index in [1.165, 1.54) is 18.4 Å². The van der Waals surface area contributed by atoms with Crippen LogP contribution in [0.1, 0.15) is 25.6 Å². The van der Waals surface area contributed by atoms with E-state index in [1.807, 2.05) is 11.4 Å². The normalized spacial score (nSPS) is 16.7. The highest BCUT2D eigenvalue weighted by Gasteiger charge is 2.37. The zero-order valence-electron chi connectivity index (χ0n) is 11.7. The summed E-state index contributed by atoms with van der Waals surface area (Å²) in [5, 5.41) is 1.84. The number of carbonyl (C=O) groups excluding carboxylic acids is 2. The van der Waals surface area contributed by atoms with Crippen molar-refractivity contribution in [3.63, 3.8) is 0 Å². The lowest BCUT2D eigenvalue weighted by atomic mass is 9.98. The van der Waals surface area contributed by atoms with E-state index in [2.05, 4.69) is 0 Å². The number of hydrogen-bond acceptors (Lipinski definition) is 5. The molecule has 0 spiro atoms. The van der Waals surface area contributed by atoms with Crippen LogP contribution in [-0.2, 0) is 6.42 Å². The number of ketones is 2. The minimum Gasteiger partial charge on any atom is -0.493 e. The fraction of sp³-hybridized carbons (Fsp3) is 0.250. The van der Waals surface area contributed by atoms with Crippen LogP contribution in [0, 0.1) is 5.92 Å². The second-order valence-electron chi connectivity index (χ2n) is 4.83. The first-order valence-electron chi connectivity index (χ1n) is 6.52. The van der Waals surface area contributed by atoms with Crippen LogP contribution in [0.2, 0.25) is 0 Å². The summed E-state index contributed by atoms with van der Waals surface area (Å²) in [7, 11) is 3.08. The van der Waals surface area contributed by atoms with E-state index >= 15 is 0 Å². The third-order valence-corrected chi connectivity index (χ3v) is 4.58. The summed E-state index contributed by atoms with van der Waals surface area (Å²) in [4.78, 5) is 25.5. The van der Waals surface area contributed by atoms with Crippen molar-refractivity contribution >= 4 is 22.9 Å². The van der Waals surface area contributed by atoms with Crippen LogP contribution in [0.4, 0.5) is 0 Å². The summed E-state index contributed by atoms with van der Waals surface area (Å²) < 4.78 is 10.5. The lowest BCUT2D eigenvalue weighted by molar-refractivity contribution is 0.0824. The molecule has 0 fully saturated rings. The Morgan fingerprint density at radius 2 is 1.95 bits per heavy atom. The Labute approximate surface area is 126 Å². The van der Waals surface area contributed by atoms with E-state index in [9.17, 15) is 9.59 Å². The maximum absolute atomic E-state index is 12.5. The minimum absolute atomic E-state index is 0.107. The van der Waals surface area contributed by atoms with E-state index in [0.717, 1.165) is 5.56 Å². The first-order valence-corrected chi connectivity index (χ1v) is 7.40. The predicted octanol–water partition coefficient (Wildman–Crippen LogP) is 3.00. The topological polar surface area (TPSA) is 52.6 Å². The molecule has 0 radical (unpaired) electrons. The van der Waals surface area contributed by atoms with Gasteiger partial charge in [0.15, 0.2) is 23.1 Å². The number of thiophene rings is 1. The highest BCUT2D eigenvalue weighted by molar-refractivity contribution is 7.12. The summed E-state index contributed by atoms with van der Waals surface area (Å²) in [6.45, 7) is 0. The molecule has 1 unspecified atom stereocenters. The van der Waals surface area contributed by atoms with Gasteiger partial charge >= 0.3 is 0 Å². The zero-order chi connectivity index (χ0) is 15.0. The minimum atomic E-state index is -0.629. The quantitative estimate of drug-likeness (QED) is 0.643. The number of ether oxygens (including phenoxy) is 2. The number of Topliss-reactive ketones (excluding diaryl/α,β-unsaturated/α-hetero) is 2. The lowest BCUT2D eigenvalue weighted by Gasteiger charge is -2.09. The maximum Gasteiger partial charge on any atom is 0.183 e. The summed E-state index contributed by atoms with van der Waals surface area (Å²) in [5.41, 5.74) is 1.40. The molecule has 2 aromatic rings. The SMILES string of the molecule is COc1cc2c(cc1OC)C(=O)C(C(=O)c1cccs1)C2. The van der Waals surface area contributed by atoms with Crippen molar-refractivity contribution in [1.82, 2.24) is 0 Å². The van der Waals surface area contributed by atoms with Gasteiger partial charge in [-0.25, -0.2) is 0 Å². The molecule has 1 heterocycles. The monoisotopic (exact) mass is 302 g/mol. The molecule has 0 aliphatic heterocycles. The molecule has 0 saturated carbocycles. The third-order valence-electron chi connectivity index (χ3n) is 3.70. The Balaban J connectivity index is 1.97. The Morgan fingerprint density at radius 1 is 1.24 bits per heavy atom. The summed E-state index contributed by atoms with van der Waals surface area (Å²) >= 11 is 1.36. The molecule has 4 nitrogen and oxygen atoms in total. The zero-order valence-corrected chi connectivity index (χ0v) is 12.5. The Kier molecular flexibility index (Phi) is 3.51. The number of rotatable bonds is 4. The highest BCUT2D eigenvalue weighted by atomic mass is 32.1. The second-order valence-corrected chi connectivity index (χ2v) is 5.77. The molecule has 1 aromatic heterocycles. The molecule has 0 bridgehead atoms. The molecule has 0 amide bonds. The number of carbonyl (C=O) groups is 2. The number of benzene rings is 1. The largest absolute Gasteiger partial charge is 0.493 e. The first kappa shape index (κ1) is 13.8. The fourth-order valence-electron chi connectivity index (χ4n) is 2.62. The van der Waals surface area contributed by atoms with E-state index in [0.29, 0.717) is 28.4 Å². The molecule has 3 rings (SSSR count). The molecular weight excluding hydrogens is 288 g/mol. The molecule has 0 N–H and O–H groups in total. The van der Waals surface area contributed by atoms with Crippen LogP contribution >= 0.6 is 11.3 Å². The van der Waals surface area contributed by atoms with Crippen molar-refractivity contribution in [3.05, 3.63) is 45.6 Å². The second kappa shape index (κ2) is 5.33. The first-order chi connectivity index (χ1) is 10.2. The standard InChI is InChI=1S/C16H14O4S/c1-19-12-7-9-6-11(16(18)14-4-3-5-21-14)15(17)10(9)8-13(12)20-2/h3-5,7-8,11H,6H2,1-2H3. The predicted molar refractivity (Wildman–Crippen MR) is 79.7 cm³/mol. The van der Waals surface area contributed by atoms with Gasteiger partial charge in [0.25, 0.3) is 0 Å². The van der Waals surface area contributed by atoms with Gasteiger partial charge in [-0.2, -0.15) is 0 Å². The van der Waals surface area contributed by atoms with Gasteiger partial charge in [-0.3, -0.25) is 9.59 Å². The highest BCUT2D eigenvalue weighted by Crippen LogP contribution is 2.37. The van der Waals surface area contributed by atoms with Crippen molar-refractivity contribution in [2.24, 2.45) is 5.92 Å². The van der Waals surface area contributed by atoms with Gasteiger partial charge in [-0.15, -0.1) is 11.3 Å². The maximum atomic E-state index is 12.5. The van der Waals surface area contributed by atoms with E-state index in [1.54, 1.807) is 25.3 Å². The lowest BCUT2D eigenvalue weighted by Crippen LogP contribution is -2.19. The van der Waals surface area contributed by atoms with Crippen LogP contribution in [0.25, 0.3) is 0 Å². The average Bonchev–Trinajstić information content (AvgIpc) is 3.14. The van der Waals surface area contributed by atoms with Crippen molar-refractivity contribution in [2.45, 2.75) is 6.42 Å². The van der Waals surface area contributed by atoms with E-state index < -0.39 is 5.92 Å². The van der Waals surface area contributed by atoms with Gasteiger partial charge in [0.2, 0.25) is 0 Å². The molecule has 0 saturated heterocycles. The van der Waals surface area contributed by atoms with Crippen molar-refractivity contribution in [2.75, 3.05) is 14.2 Å².